The van der Waals surface area contributed by atoms with E-state index in [1.807, 2.05) is 12.1 Å². The van der Waals surface area contributed by atoms with Gasteiger partial charge >= 0.3 is 5.69 Å². The number of hydrogen-bond donors (Lipinski definition) is 1. The Morgan fingerprint density at radius 1 is 1.22 bits per heavy atom. The van der Waals surface area contributed by atoms with Crippen LogP contribution >= 0.6 is 11.6 Å². The fourth-order valence-corrected chi connectivity index (χ4v) is 2.77. The second kappa shape index (κ2) is 7.77. The zero-order valence-corrected chi connectivity index (χ0v) is 15.9. The summed E-state index contributed by atoms with van der Waals surface area (Å²) in [4.78, 5) is 29.1. The standard InChI is InChI=1S/C17H19ClN6O3/c1-22-14-13(15(25)23(2)17(22)26)24(8-9-27-3)16(20-14)21-19-10-11-4-6-12(18)7-5-11/h4-7,10H,8-9H2,1-3H3,(H,20,21)/b19-10-. The highest BCUT2D eigenvalue weighted by Gasteiger charge is 2.18. The molecule has 0 aliphatic heterocycles. The zero-order valence-electron chi connectivity index (χ0n) is 15.1. The van der Waals surface area contributed by atoms with Crippen LogP contribution < -0.4 is 16.7 Å². The van der Waals surface area contributed by atoms with Crippen LogP contribution in [-0.2, 0) is 25.4 Å². The topological polar surface area (TPSA) is 95.4 Å². The summed E-state index contributed by atoms with van der Waals surface area (Å²) in [5.41, 5.74) is 3.40. The van der Waals surface area contributed by atoms with Gasteiger partial charge in [-0.25, -0.2) is 10.2 Å². The largest absolute Gasteiger partial charge is 0.383 e. The van der Waals surface area contributed by atoms with Gasteiger partial charge in [-0.15, -0.1) is 0 Å². The third-order valence-electron chi connectivity index (χ3n) is 4.12. The number of methoxy groups -OCH3 is 1. The van der Waals surface area contributed by atoms with Crippen molar-refractivity contribution < 1.29 is 4.74 Å². The predicted molar refractivity (Wildman–Crippen MR) is 105 cm³/mol. The fraction of sp³-hybridized carbons (Fsp3) is 0.294. The van der Waals surface area contributed by atoms with Crippen molar-refractivity contribution >= 4 is 34.9 Å². The molecule has 0 fully saturated rings. The SMILES string of the molecule is COCCn1c(N/N=C\c2ccc(Cl)cc2)nc2c1c(=O)n(C)c(=O)n2C. The summed E-state index contributed by atoms with van der Waals surface area (Å²) >= 11 is 5.87. The van der Waals surface area contributed by atoms with Gasteiger partial charge in [0.05, 0.1) is 12.8 Å². The Kier molecular flexibility index (Phi) is 5.43. The molecule has 0 saturated carbocycles. The van der Waals surface area contributed by atoms with Crippen LogP contribution in [0.15, 0.2) is 39.0 Å². The predicted octanol–water partition coefficient (Wildman–Crippen LogP) is 1.18. The molecule has 0 radical (unpaired) electrons. The molecule has 3 rings (SSSR count). The number of anilines is 1. The van der Waals surface area contributed by atoms with Crippen LogP contribution in [-0.4, -0.2) is 38.6 Å². The van der Waals surface area contributed by atoms with E-state index in [9.17, 15) is 9.59 Å². The average Bonchev–Trinajstić information content (AvgIpc) is 3.03. The Hall–Kier alpha value is -2.91. The Labute approximate surface area is 159 Å². The minimum atomic E-state index is -0.444. The summed E-state index contributed by atoms with van der Waals surface area (Å²) in [6, 6.07) is 7.16. The van der Waals surface area contributed by atoms with Crippen LogP contribution in [0.3, 0.4) is 0 Å². The molecule has 10 heteroatoms. The highest BCUT2D eigenvalue weighted by Crippen LogP contribution is 2.15. The molecule has 0 bridgehead atoms. The molecule has 3 aromatic rings. The third kappa shape index (κ3) is 3.64. The van der Waals surface area contributed by atoms with Gasteiger partial charge in [0.1, 0.15) is 0 Å². The van der Waals surface area contributed by atoms with Crippen LogP contribution in [0.5, 0.6) is 0 Å². The molecule has 0 amide bonds. The highest BCUT2D eigenvalue weighted by atomic mass is 35.5. The van der Waals surface area contributed by atoms with Crippen molar-refractivity contribution in [3.8, 4) is 0 Å². The first-order valence-corrected chi connectivity index (χ1v) is 8.51. The first-order chi connectivity index (χ1) is 12.9. The van der Waals surface area contributed by atoms with Gasteiger partial charge < -0.3 is 9.30 Å². The summed E-state index contributed by atoms with van der Waals surface area (Å²) in [6.07, 6.45) is 1.60. The molecule has 1 aromatic carbocycles. The van der Waals surface area contributed by atoms with E-state index in [1.54, 1.807) is 37.1 Å². The van der Waals surface area contributed by atoms with Gasteiger partial charge in [-0.1, -0.05) is 23.7 Å². The molecule has 0 spiro atoms. The lowest BCUT2D eigenvalue weighted by molar-refractivity contribution is 0.188. The van der Waals surface area contributed by atoms with Crippen molar-refractivity contribution in [2.75, 3.05) is 19.1 Å². The Bertz CT molecular complexity index is 1110. The maximum absolute atomic E-state index is 12.6. The summed E-state index contributed by atoms with van der Waals surface area (Å²) in [7, 11) is 4.57. The lowest BCUT2D eigenvalue weighted by Gasteiger charge is -2.08. The first kappa shape index (κ1) is 18.9. The maximum atomic E-state index is 12.6. The van der Waals surface area contributed by atoms with Crippen molar-refractivity contribution in [2.24, 2.45) is 19.2 Å². The van der Waals surface area contributed by atoms with E-state index >= 15 is 0 Å². The minimum absolute atomic E-state index is 0.281. The van der Waals surface area contributed by atoms with E-state index in [1.165, 1.54) is 11.6 Å². The number of halogens is 1. The molecule has 0 aliphatic rings. The molecule has 0 atom stereocenters. The first-order valence-electron chi connectivity index (χ1n) is 8.14. The molecule has 142 valence electrons. The number of ether oxygens (including phenoxy) is 1. The van der Waals surface area contributed by atoms with E-state index in [0.29, 0.717) is 29.6 Å². The minimum Gasteiger partial charge on any atom is -0.383 e. The number of rotatable bonds is 6. The third-order valence-corrected chi connectivity index (χ3v) is 4.37. The Balaban J connectivity index is 2.04. The van der Waals surface area contributed by atoms with Crippen LogP contribution in [0, 0.1) is 0 Å². The zero-order chi connectivity index (χ0) is 19.6. The monoisotopic (exact) mass is 390 g/mol. The smallest absolute Gasteiger partial charge is 0.332 e. The number of aromatic nitrogens is 4. The van der Waals surface area contributed by atoms with Gasteiger partial charge in [0, 0.05) is 32.8 Å². The number of benzene rings is 1. The van der Waals surface area contributed by atoms with E-state index in [-0.39, 0.29) is 5.65 Å². The number of hydrazone groups is 1. The van der Waals surface area contributed by atoms with Crippen LogP contribution in [0.1, 0.15) is 5.56 Å². The molecule has 1 N–H and O–H groups in total. The average molecular weight is 391 g/mol. The van der Waals surface area contributed by atoms with Crippen molar-refractivity contribution in [1.29, 1.82) is 0 Å². The van der Waals surface area contributed by atoms with E-state index in [4.69, 9.17) is 16.3 Å². The summed E-state index contributed by atoms with van der Waals surface area (Å²) in [5, 5.41) is 4.81. The molecular weight excluding hydrogens is 372 g/mol. The van der Waals surface area contributed by atoms with Crippen LogP contribution in [0.25, 0.3) is 11.2 Å². The quantitative estimate of drug-likeness (QED) is 0.503. The Morgan fingerprint density at radius 3 is 2.59 bits per heavy atom. The van der Waals surface area contributed by atoms with Crippen molar-refractivity contribution in [2.45, 2.75) is 6.54 Å². The second-order valence-electron chi connectivity index (χ2n) is 5.88. The van der Waals surface area contributed by atoms with Crippen molar-refractivity contribution in [1.82, 2.24) is 18.7 Å². The van der Waals surface area contributed by atoms with Gasteiger partial charge in [-0.05, 0) is 17.7 Å². The number of aryl methyl sites for hydroxylation is 1. The summed E-state index contributed by atoms with van der Waals surface area (Å²) in [6.45, 7) is 0.742. The number of nitrogens with zero attached hydrogens (tertiary/aromatic N) is 5. The fourth-order valence-electron chi connectivity index (χ4n) is 2.65. The molecule has 27 heavy (non-hydrogen) atoms. The Morgan fingerprint density at radius 2 is 1.93 bits per heavy atom. The number of hydrogen-bond acceptors (Lipinski definition) is 6. The molecule has 9 nitrogen and oxygen atoms in total. The summed E-state index contributed by atoms with van der Waals surface area (Å²) in [5.74, 6) is 0.338. The van der Waals surface area contributed by atoms with Gasteiger partial charge in [-0.3, -0.25) is 13.9 Å². The van der Waals surface area contributed by atoms with E-state index < -0.39 is 11.2 Å². The lowest BCUT2D eigenvalue weighted by atomic mass is 10.2. The summed E-state index contributed by atoms with van der Waals surface area (Å²) < 4.78 is 9.15. The van der Waals surface area contributed by atoms with E-state index in [0.717, 1.165) is 10.1 Å². The molecular formula is C17H19ClN6O3. The number of imidazole rings is 1. The number of nitrogens with one attached hydrogen (secondary N) is 1. The second-order valence-corrected chi connectivity index (χ2v) is 6.32. The molecule has 2 aromatic heterocycles. The van der Waals surface area contributed by atoms with Crippen LogP contribution in [0.2, 0.25) is 5.02 Å². The molecule has 2 heterocycles. The number of fused-ring (bicyclic) bond motifs is 1. The van der Waals surface area contributed by atoms with Gasteiger partial charge in [-0.2, -0.15) is 10.1 Å². The van der Waals surface area contributed by atoms with Gasteiger partial charge in [0.2, 0.25) is 5.95 Å². The normalized spacial score (nSPS) is 11.6. The van der Waals surface area contributed by atoms with Gasteiger partial charge in [0.25, 0.3) is 5.56 Å². The maximum Gasteiger partial charge on any atom is 0.332 e. The molecule has 0 saturated heterocycles. The van der Waals surface area contributed by atoms with Crippen molar-refractivity contribution in [3.05, 3.63) is 55.7 Å². The van der Waals surface area contributed by atoms with Crippen molar-refractivity contribution in [3.63, 3.8) is 0 Å². The van der Waals surface area contributed by atoms with E-state index in [2.05, 4.69) is 15.5 Å². The molecule has 0 aliphatic carbocycles. The molecule has 0 unspecified atom stereocenters. The lowest BCUT2D eigenvalue weighted by Crippen LogP contribution is -2.37. The highest BCUT2D eigenvalue weighted by molar-refractivity contribution is 6.30. The van der Waals surface area contributed by atoms with Gasteiger partial charge in [0.15, 0.2) is 11.2 Å². The van der Waals surface area contributed by atoms with Crippen LogP contribution in [0.4, 0.5) is 5.95 Å².